The number of nitrogens with one attached hydrogen (secondary N) is 2. The van der Waals surface area contributed by atoms with Gasteiger partial charge >= 0.3 is 6.09 Å². The number of amides is 3. The quantitative estimate of drug-likeness (QED) is 0.256. The maximum Gasteiger partial charge on any atom is 0.408 e. The van der Waals surface area contributed by atoms with Crippen LogP contribution in [0, 0.1) is 13.8 Å². The van der Waals surface area contributed by atoms with E-state index in [0.29, 0.717) is 30.8 Å². The van der Waals surface area contributed by atoms with Crippen molar-refractivity contribution < 1.29 is 19.1 Å². The molecule has 0 saturated carbocycles. The summed E-state index contributed by atoms with van der Waals surface area (Å²) in [6.07, 6.45) is 2.34. The van der Waals surface area contributed by atoms with Crippen molar-refractivity contribution in [2.24, 2.45) is 0 Å². The summed E-state index contributed by atoms with van der Waals surface area (Å²) in [6.45, 7) is 11.6. The first kappa shape index (κ1) is 32.0. The first-order valence-corrected chi connectivity index (χ1v) is 15.5. The van der Waals surface area contributed by atoms with Gasteiger partial charge in [-0.15, -0.1) is 0 Å². The van der Waals surface area contributed by atoms with Gasteiger partial charge in [-0.25, -0.2) is 4.79 Å². The SMILES string of the molecule is CCCN(C(=O)C(CCSC)NC(=O)OC(C)(C)C)C(C(=O)Nc1ccc2ccccc2c1)c1cccc(C)c1C. The van der Waals surface area contributed by atoms with E-state index in [9.17, 15) is 14.4 Å². The molecule has 3 rings (SSSR count). The van der Waals surface area contributed by atoms with Crippen molar-refractivity contribution in [3.63, 3.8) is 0 Å². The predicted molar refractivity (Wildman–Crippen MR) is 169 cm³/mol. The number of ether oxygens (including phenoxy) is 1. The number of rotatable bonds is 11. The Bertz CT molecular complexity index is 1370. The standard InChI is InChI=1S/C33H43N3O4S/c1-8-19-36(31(38)28(18-20-41-7)35-32(39)40-33(4,5)6)29(27-15-11-12-22(2)23(27)3)30(37)34-26-17-16-24-13-9-10-14-25(24)21-26/h9-17,21,28-29H,8,18-20H2,1-7H3,(H,34,37)(H,35,39). The Balaban J connectivity index is 2.03. The van der Waals surface area contributed by atoms with E-state index in [1.165, 1.54) is 0 Å². The predicted octanol–water partition coefficient (Wildman–Crippen LogP) is 7.02. The highest BCUT2D eigenvalue weighted by molar-refractivity contribution is 7.98. The van der Waals surface area contributed by atoms with E-state index in [0.717, 1.165) is 27.5 Å². The Morgan fingerprint density at radius 3 is 2.34 bits per heavy atom. The van der Waals surface area contributed by atoms with E-state index in [2.05, 4.69) is 10.6 Å². The largest absolute Gasteiger partial charge is 0.444 e. The van der Waals surface area contributed by atoms with E-state index in [1.54, 1.807) is 37.4 Å². The van der Waals surface area contributed by atoms with E-state index >= 15 is 0 Å². The number of carbonyl (C=O) groups excluding carboxylic acids is 3. The molecule has 2 N–H and O–H groups in total. The van der Waals surface area contributed by atoms with Gasteiger partial charge in [0.25, 0.3) is 5.91 Å². The number of anilines is 1. The highest BCUT2D eigenvalue weighted by Gasteiger charge is 2.36. The molecule has 8 heteroatoms. The van der Waals surface area contributed by atoms with Gasteiger partial charge in [-0.3, -0.25) is 9.59 Å². The fourth-order valence-corrected chi connectivity index (χ4v) is 5.22. The minimum absolute atomic E-state index is 0.309. The lowest BCUT2D eigenvalue weighted by molar-refractivity contribution is -0.140. The molecule has 220 valence electrons. The summed E-state index contributed by atoms with van der Waals surface area (Å²) in [4.78, 5) is 42.8. The molecule has 0 aliphatic carbocycles. The van der Waals surface area contributed by atoms with Crippen molar-refractivity contribution in [1.29, 1.82) is 0 Å². The van der Waals surface area contributed by atoms with Crippen LogP contribution in [0.1, 0.15) is 63.3 Å². The van der Waals surface area contributed by atoms with Gasteiger partial charge in [0.05, 0.1) is 0 Å². The Labute approximate surface area is 248 Å². The van der Waals surface area contributed by atoms with Crippen molar-refractivity contribution in [2.45, 2.75) is 72.1 Å². The molecular formula is C33H43N3O4S. The zero-order chi connectivity index (χ0) is 30.2. The molecule has 0 aromatic heterocycles. The number of aryl methyl sites for hydroxylation is 1. The molecule has 0 aliphatic heterocycles. The van der Waals surface area contributed by atoms with Crippen molar-refractivity contribution in [3.05, 3.63) is 77.4 Å². The Morgan fingerprint density at radius 1 is 0.976 bits per heavy atom. The second kappa shape index (κ2) is 14.4. The highest BCUT2D eigenvalue weighted by Crippen LogP contribution is 2.30. The number of alkyl carbamates (subject to hydrolysis) is 1. The molecule has 0 spiro atoms. The van der Waals surface area contributed by atoms with Crippen LogP contribution in [-0.4, -0.2) is 53.0 Å². The number of thioether (sulfide) groups is 1. The number of fused-ring (bicyclic) bond motifs is 1. The van der Waals surface area contributed by atoms with E-state index in [1.807, 2.05) is 87.7 Å². The smallest absolute Gasteiger partial charge is 0.408 e. The number of hydrogen-bond acceptors (Lipinski definition) is 5. The minimum Gasteiger partial charge on any atom is -0.444 e. The Kier molecular flexibility index (Phi) is 11.2. The Hall–Kier alpha value is -3.52. The molecule has 0 saturated heterocycles. The zero-order valence-electron chi connectivity index (χ0n) is 25.2. The van der Waals surface area contributed by atoms with Gasteiger partial charge in [-0.2, -0.15) is 11.8 Å². The van der Waals surface area contributed by atoms with Crippen LogP contribution in [0.25, 0.3) is 10.8 Å². The molecule has 3 aromatic carbocycles. The third-order valence-electron chi connectivity index (χ3n) is 6.87. The van der Waals surface area contributed by atoms with E-state index in [4.69, 9.17) is 4.74 Å². The van der Waals surface area contributed by atoms with Crippen LogP contribution < -0.4 is 10.6 Å². The molecule has 2 atom stereocenters. The van der Waals surface area contributed by atoms with Gasteiger partial charge in [0, 0.05) is 12.2 Å². The lowest BCUT2D eigenvalue weighted by atomic mass is 9.94. The summed E-state index contributed by atoms with van der Waals surface area (Å²) < 4.78 is 5.47. The molecule has 7 nitrogen and oxygen atoms in total. The van der Waals surface area contributed by atoms with Gasteiger partial charge < -0.3 is 20.3 Å². The Morgan fingerprint density at radius 2 is 1.68 bits per heavy atom. The zero-order valence-corrected chi connectivity index (χ0v) is 26.1. The molecule has 0 bridgehead atoms. The fourth-order valence-electron chi connectivity index (χ4n) is 4.75. The lowest BCUT2D eigenvalue weighted by Crippen LogP contribution is -2.53. The molecule has 41 heavy (non-hydrogen) atoms. The van der Waals surface area contributed by atoms with Crippen LogP contribution in [0.5, 0.6) is 0 Å². The van der Waals surface area contributed by atoms with Crippen LogP contribution in [0.3, 0.4) is 0 Å². The van der Waals surface area contributed by atoms with Crippen LogP contribution >= 0.6 is 11.8 Å². The van der Waals surface area contributed by atoms with Gasteiger partial charge in [0.15, 0.2) is 0 Å². The molecule has 0 heterocycles. The summed E-state index contributed by atoms with van der Waals surface area (Å²) in [6, 6.07) is 17.8. The van der Waals surface area contributed by atoms with Crippen LogP contribution in [0.2, 0.25) is 0 Å². The molecule has 2 unspecified atom stereocenters. The van der Waals surface area contributed by atoms with Crippen molar-refractivity contribution in [3.8, 4) is 0 Å². The summed E-state index contributed by atoms with van der Waals surface area (Å²) in [5.41, 5.74) is 2.67. The highest BCUT2D eigenvalue weighted by atomic mass is 32.2. The van der Waals surface area contributed by atoms with Gasteiger partial charge in [0.2, 0.25) is 5.91 Å². The van der Waals surface area contributed by atoms with E-state index < -0.39 is 23.8 Å². The molecule has 3 amide bonds. The van der Waals surface area contributed by atoms with Crippen LogP contribution in [0.4, 0.5) is 10.5 Å². The van der Waals surface area contributed by atoms with Crippen molar-refractivity contribution in [2.75, 3.05) is 23.9 Å². The normalized spacial score (nSPS) is 12.9. The minimum atomic E-state index is -0.897. The fraction of sp³-hybridized carbons (Fsp3) is 0.424. The maximum absolute atomic E-state index is 14.2. The van der Waals surface area contributed by atoms with Crippen LogP contribution in [0.15, 0.2) is 60.7 Å². The first-order chi connectivity index (χ1) is 19.4. The molecule has 0 radical (unpaired) electrons. The summed E-state index contributed by atoms with van der Waals surface area (Å²) >= 11 is 1.59. The maximum atomic E-state index is 14.2. The van der Waals surface area contributed by atoms with Crippen LogP contribution in [-0.2, 0) is 14.3 Å². The van der Waals surface area contributed by atoms with E-state index in [-0.39, 0.29) is 11.8 Å². The number of hydrogen-bond donors (Lipinski definition) is 2. The summed E-state index contributed by atoms with van der Waals surface area (Å²) in [5.74, 6) is 0.0341. The number of carbonyl (C=O) groups is 3. The monoisotopic (exact) mass is 577 g/mol. The summed E-state index contributed by atoms with van der Waals surface area (Å²) in [5, 5.41) is 7.95. The lowest BCUT2D eigenvalue weighted by Gasteiger charge is -2.35. The second-order valence-corrected chi connectivity index (χ2v) is 12.2. The average molecular weight is 578 g/mol. The molecule has 0 fully saturated rings. The third kappa shape index (κ3) is 8.73. The van der Waals surface area contributed by atoms with Crippen molar-refractivity contribution >= 4 is 46.1 Å². The average Bonchev–Trinajstić information content (AvgIpc) is 2.91. The van der Waals surface area contributed by atoms with Crippen molar-refractivity contribution in [1.82, 2.24) is 10.2 Å². The summed E-state index contributed by atoms with van der Waals surface area (Å²) in [7, 11) is 0. The third-order valence-corrected chi connectivity index (χ3v) is 7.51. The molecular weight excluding hydrogens is 534 g/mol. The molecule has 3 aromatic rings. The number of nitrogens with zero attached hydrogens (tertiary/aromatic N) is 1. The number of benzene rings is 3. The molecule has 0 aliphatic rings. The van der Waals surface area contributed by atoms with Gasteiger partial charge in [0.1, 0.15) is 17.7 Å². The van der Waals surface area contributed by atoms with Gasteiger partial charge in [-0.05, 0) is 99.1 Å². The first-order valence-electron chi connectivity index (χ1n) is 14.1. The van der Waals surface area contributed by atoms with Gasteiger partial charge in [-0.1, -0.05) is 55.5 Å². The second-order valence-electron chi connectivity index (χ2n) is 11.3. The topological polar surface area (TPSA) is 87.7 Å².